The van der Waals surface area contributed by atoms with Gasteiger partial charge in [0.15, 0.2) is 0 Å². The fourth-order valence-electron chi connectivity index (χ4n) is 1.67. The molecule has 2 heterocycles. The molecule has 0 aliphatic rings. The number of hydrogen-bond acceptors (Lipinski definition) is 5. The number of anilines is 2. The summed E-state index contributed by atoms with van der Waals surface area (Å²) in [5.74, 6) is 0.963. The van der Waals surface area contributed by atoms with Gasteiger partial charge in [-0.3, -0.25) is 0 Å². The number of rotatable bonds is 4. The Morgan fingerprint density at radius 1 is 1.44 bits per heavy atom. The highest BCUT2D eigenvalue weighted by Gasteiger charge is 2.14. The zero-order valence-corrected chi connectivity index (χ0v) is 11.9. The lowest BCUT2D eigenvalue weighted by atomic mass is 10.3. The third kappa shape index (κ3) is 3.11. The quantitative estimate of drug-likeness (QED) is 0.875. The summed E-state index contributed by atoms with van der Waals surface area (Å²) in [7, 11) is 0. The number of nitrogens with two attached hydrogens (primary N) is 1. The highest BCUT2D eigenvalue weighted by Crippen LogP contribution is 2.23. The standard InChI is InChI=1S/C12H15ClN4S/c1-8(2)17(7-9-4-3-5-18-9)11-6-10(13)15-12(14)16-11/h3-6,8H,7H2,1-2H3,(H2,14,15,16). The van der Waals surface area contributed by atoms with Crippen molar-refractivity contribution >= 4 is 34.7 Å². The third-order valence-corrected chi connectivity index (χ3v) is 3.58. The first-order chi connectivity index (χ1) is 8.56. The SMILES string of the molecule is CC(C)N(Cc1cccs1)c1cc(Cl)nc(N)n1. The van der Waals surface area contributed by atoms with E-state index >= 15 is 0 Å². The molecule has 2 aromatic rings. The van der Waals surface area contributed by atoms with E-state index in [9.17, 15) is 0 Å². The van der Waals surface area contributed by atoms with Crippen molar-refractivity contribution in [3.63, 3.8) is 0 Å². The van der Waals surface area contributed by atoms with Crippen molar-refractivity contribution < 1.29 is 0 Å². The lowest BCUT2D eigenvalue weighted by Gasteiger charge is -2.27. The van der Waals surface area contributed by atoms with Crippen LogP contribution in [0, 0.1) is 0 Å². The summed E-state index contributed by atoms with van der Waals surface area (Å²) in [4.78, 5) is 11.6. The minimum Gasteiger partial charge on any atom is -0.368 e. The number of aromatic nitrogens is 2. The van der Waals surface area contributed by atoms with E-state index in [2.05, 4.69) is 40.2 Å². The summed E-state index contributed by atoms with van der Waals surface area (Å²) in [6.45, 7) is 5.02. The maximum absolute atomic E-state index is 5.93. The number of nitrogens with zero attached hydrogens (tertiary/aromatic N) is 3. The summed E-state index contributed by atoms with van der Waals surface area (Å²) < 4.78 is 0. The summed E-state index contributed by atoms with van der Waals surface area (Å²) in [5.41, 5.74) is 5.64. The van der Waals surface area contributed by atoms with Gasteiger partial charge in [-0.1, -0.05) is 17.7 Å². The Balaban J connectivity index is 2.29. The van der Waals surface area contributed by atoms with Gasteiger partial charge in [-0.2, -0.15) is 4.98 Å². The maximum Gasteiger partial charge on any atom is 0.223 e. The molecule has 2 N–H and O–H groups in total. The van der Waals surface area contributed by atoms with Gasteiger partial charge in [0.1, 0.15) is 11.0 Å². The van der Waals surface area contributed by atoms with Crippen LogP contribution in [0.4, 0.5) is 11.8 Å². The van der Waals surface area contributed by atoms with Crippen LogP contribution in [0.3, 0.4) is 0 Å². The van der Waals surface area contributed by atoms with Crippen molar-refractivity contribution in [2.24, 2.45) is 0 Å². The molecule has 0 radical (unpaired) electrons. The molecule has 6 heteroatoms. The van der Waals surface area contributed by atoms with E-state index in [1.165, 1.54) is 4.88 Å². The first-order valence-corrected chi connectivity index (χ1v) is 6.91. The molecule has 0 aromatic carbocycles. The maximum atomic E-state index is 5.93. The summed E-state index contributed by atoms with van der Waals surface area (Å²) >= 11 is 7.65. The molecule has 18 heavy (non-hydrogen) atoms. The molecular weight excluding hydrogens is 268 g/mol. The Hall–Kier alpha value is -1.33. The van der Waals surface area contributed by atoms with Gasteiger partial charge in [-0.15, -0.1) is 11.3 Å². The number of nitrogen functional groups attached to an aromatic ring is 1. The molecule has 0 amide bonds. The van der Waals surface area contributed by atoms with Crippen molar-refractivity contribution in [3.8, 4) is 0 Å². The molecule has 0 fully saturated rings. The van der Waals surface area contributed by atoms with Crippen molar-refractivity contribution in [2.45, 2.75) is 26.4 Å². The van der Waals surface area contributed by atoms with Crippen LogP contribution in [0.2, 0.25) is 5.15 Å². The van der Waals surface area contributed by atoms with Crippen LogP contribution in [0.15, 0.2) is 23.6 Å². The van der Waals surface area contributed by atoms with Gasteiger partial charge in [0.05, 0.1) is 6.54 Å². The molecule has 4 nitrogen and oxygen atoms in total. The topological polar surface area (TPSA) is 55.0 Å². The minimum absolute atomic E-state index is 0.203. The van der Waals surface area contributed by atoms with Crippen LogP contribution < -0.4 is 10.6 Å². The second kappa shape index (κ2) is 5.54. The molecule has 0 unspecified atom stereocenters. The van der Waals surface area contributed by atoms with Crippen LogP contribution in [0.25, 0.3) is 0 Å². The second-order valence-corrected chi connectivity index (χ2v) is 5.63. The first-order valence-electron chi connectivity index (χ1n) is 5.65. The van der Waals surface area contributed by atoms with Crippen molar-refractivity contribution in [2.75, 3.05) is 10.6 Å². The highest BCUT2D eigenvalue weighted by molar-refractivity contribution is 7.09. The summed E-state index contributed by atoms with van der Waals surface area (Å²) in [5, 5.41) is 2.43. The van der Waals surface area contributed by atoms with Crippen LogP contribution >= 0.6 is 22.9 Å². The molecule has 96 valence electrons. The molecule has 2 rings (SSSR count). The summed E-state index contributed by atoms with van der Waals surface area (Å²) in [6, 6.07) is 6.19. The van der Waals surface area contributed by atoms with E-state index in [1.54, 1.807) is 17.4 Å². The van der Waals surface area contributed by atoms with Gasteiger partial charge >= 0.3 is 0 Å². The van der Waals surface area contributed by atoms with Crippen LogP contribution in [-0.4, -0.2) is 16.0 Å². The monoisotopic (exact) mass is 282 g/mol. The molecular formula is C12H15ClN4S. The van der Waals surface area contributed by atoms with Gasteiger partial charge in [-0.05, 0) is 25.3 Å². The van der Waals surface area contributed by atoms with E-state index in [4.69, 9.17) is 17.3 Å². The van der Waals surface area contributed by atoms with E-state index in [1.807, 2.05) is 6.07 Å². The average molecular weight is 283 g/mol. The Morgan fingerprint density at radius 3 is 2.78 bits per heavy atom. The summed E-state index contributed by atoms with van der Waals surface area (Å²) in [6.07, 6.45) is 0. The van der Waals surface area contributed by atoms with Gasteiger partial charge in [-0.25, -0.2) is 4.98 Å². The molecule has 0 aliphatic heterocycles. The van der Waals surface area contributed by atoms with Crippen molar-refractivity contribution in [3.05, 3.63) is 33.6 Å². The van der Waals surface area contributed by atoms with Gasteiger partial charge < -0.3 is 10.6 Å². The lowest BCUT2D eigenvalue weighted by Crippen LogP contribution is -2.30. The Bertz CT molecular complexity index is 493. The zero-order chi connectivity index (χ0) is 13.1. The van der Waals surface area contributed by atoms with Crippen molar-refractivity contribution in [1.29, 1.82) is 0 Å². The van der Waals surface area contributed by atoms with Gasteiger partial charge in [0.25, 0.3) is 0 Å². The second-order valence-electron chi connectivity index (χ2n) is 4.21. The molecule has 0 atom stereocenters. The molecule has 2 aromatic heterocycles. The van der Waals surface area contributed by atoms with Crippen LogP contribution in [0.5, 0.6) is 0 Å². The largest absolute Gasteiger partial charge is 0.368 e. The van der Waals surface area contributed by atoms with E-state index < -0.39 is 0 Å². The lowest BCUT2D eigenvalue weighted by molar-refractivity contribution is 0.676. The Morgan fingerprint density at radius 2 is 2.22 bits per heavy atom. The highest BCUT2D eigenvalue weighted by atomic mass is 35.5. The van der Waals surface area contributed by atoms with Crippen LogP contribution in [-0.2, 0) is 6.54 Å². The number of halogens is 1. The number of hydrogen-bond donors (Lipinski definition) is 1. The molecule has 0 aliphatic carbocycles. The van der Waals surface area contributed by atoms with Crippen molar-refractivity contribution in [1.82, 2.24) is 9.97 Å². The molecule has 0 saturated heterocycles. The van der Waals surface area contributed by atoms with Gasteiger partial charge in [0.2, 0.25) is 5.95 Å². The number of thiophene rings is 1. The van der Waals surface area contributed by atoms with E-state index in [0.717, 1.165) is 12.4 Å². The molecule has 0 spiro atoms. The first kappa shape index (κ1) is 13.1. The normalized spacial score (nSPS) is 10.9. The predicted octanol–water partition coefficient (Wildman–Crippen LogP) is 3.19. The van der Waals surface area contributed by atoms with E-state index in [0.29, 0.717) is 11.2 Å². The fraction of sp³-hybridized carbons (Fsp3) is 0.333. The fourth-order valence-corrected chi connectivity index (χ4v) is 2.56. The molecule has 0 bridgehead atoms. The Kier molecular flexibility index (Phi) is 4.04. The van der Waals surface area contributed by atoms with Crippen LogP contribution in [0.1, 0.15) is 18.7 Å². The molecule has 0 saturated carbocycles. The third-order valence-electron chi connectivity index (χ3n) is 2.52. The smallest absolute Gasteiger partial charge is 0.223 e. The van der Waals surface area contributed by atoms with E-state index in [-0.39, 0.29) is 5.95 Å². The zero-order valence-electron chi connectivity index (χ0n) is 10.3. The average Bonchev–Trinajstić information content (AvgIpc) is 2.76. The minimum atomic E-state index is 0.203. The Labute approximate surface area is 115 Å². The van der Waals surface area contributed by atoms with Gasteiger partial charge in [0, 0.05) is 17.0 Å². The predicted molar refractivity (Wildman–Crippen MR) is 77.1 cm³/mol.